The van der Waals surface area contributed by atoms with E-state index in [-0.39, 0.29) is 29.9 Å². The van der Waals surface area contributed by atoms with Crippen LogP contribution in [0.1, 0.15) is 19.6 Å². The molecule has 7 nitrogen and oxygen atoms in total. The molecule has 1 aliphatic heterocycles. The van der Waals surface area contributed by atoms with Crippen molar-refractivity contribution in [2.45, 2.75) is 13.8 Å². The van der Waals surface area contributed by atoms with Crippen LogP contribution in [0.2, 0.25) is 10.0 Å². The zero-order chi connectivity index (χ0) is 22.7. The Balaban J connectivity index is 1.95. The highest BCUT2D eigenvalue weighted by atomic mass is 35.5. The van der Waals surface area contributed by atoms with Gasteiger partial charge in [-0.05, 0) is 48.9 Å². The standard InChI is InChI=1S/C22H16Cl2N2O5/c1-12-16(21(28)26(7-8-30-13(2)27)22(29)17(12)11-25)10-15-4-6-20(31-15)14-3-5-18(23)19(24)9-14/h3-6,9-10H,7-8H2,1-2H3/b16-10+. The number of esters is 1. The van der Waals surface area contributed by atoms with E-state index in [0.717, 1.165) is 4.90 Å². The molecule has 158 valence electrons. The van der Waals surface area contributed by atoms with Crippen molar-refractivity contribution in [3.8, 4) is 17.4 Å². The second kappa shape index (κ2) is 9.21. The predicted molar refractivity (Wildman–Crippen MR) is 114 cm³/mol. The number of nitrogens with zero attached hydrogens (tertiary/aromatic N) is 2. The number of benzene rings is 1. The molecule has 3 rings (SSSR count). The lowest BCUT2D eigenvalue weighted by Crippen LogP contribution is -2.44. The molecule has 0 bridgehead atoms. The first-order valence-electron chi connectivity index (χ1n) is 9.10. The molecular formula is C22H16Cl2N2O5. The Bertz CT molecular complexity index is 1190. The SMILES string of the molecule is CC(=O)OCCN1C(=O)C(C#N)=C(C)/C(=C\c2ccc(-c3ccc(Cl)c(Cl)c3)o2)C1=O. The zero-order valence-corrected chi connectivity index (χ0v) is 18.1. The van der Waals surface area contributed by atoms with Crippen LogP contribution < -0.4 is 0 Å². The van der Waals surface area contributed by atoms with Gasteiger partial charge in [0.1, 0.15) is 29.8 Å². The first-order chi connectivity index (χ1) is 14.7. The summed E-state index contributed by atoms with van der Waals surface area (Å²) in [6.45, 7) is 2.41. The number of hydrogen-bond acceptors (Lipinski definition) is 6. The van der Waals surface area contributed by atoms with Gasteiger partial charge in [-0.2, -0.15) is 5.26 Å². The number of amides is 2. The van der Waals surface area contributed by atoms with Crippen LogP contribution in [0.4, 0.5) is 0 Å². The van der Waals surface area contributed by atoms with Gasteiger partial charge < -0.3 is 9.15 Å². The molecule has 1 aromatic heterocycles. The maximum atomic E-state index is 12.9. The van der Waals surface area contributed by atoms with E-state index < -0.39 is 17.8 Å². The van der Waals surface area contributed by atoms with Gasteiger partial charge in [-0.25, -0.2) is 0 Å². The topological polar surface area (TPSA) is 101 Å². The molecule has 2 aromatic rings. The van der Waals surface area contributed by atoms with E-state index in [2.05, 4.69) is 0 Å². The van der Waals surface area contributed by atoms with Crippen LogP contribution in [0, 0.1) is 11.3 Å². The lowest BCUT2D eigenvalue weighted by Gasteiger charge is -2.27. The molecule has 0 atom stereocenters. The Labute approximate surface area is 188 Å². The first-order valence-corrected chi connectivity index (χ1v) is 9.86. The van der Waals surface area contributed by atoms with Crippen LogP contribution >= 0.6 is 23.2 Å². The molecule has 31 heavy (non-hydrogen) atoms. The number of ether oxygens (including phenoxy) is 1. The summed E-state index contributed by atoms with van der Waals surface area (Å²) in [5, 5.41) is 10.2. The lowest BCUT2D eigenvalue weighted by atomic mass is 9.94. The molecule has 0 unspecified atom stereocenters. The molecule has 9 heteroatoms. The molecule has 1 aromatic carbocycles. The largest absolute Gasteiger partial charge is 0.464 e. The molecule has 0 fully saturated rings. The summed E-state index contributed by atoms with van der Waals surface area (Å²) in [6, 6.07) is 10.2. The molecule has 2 amide bonds. The molecule has 0 spiro atoms. The van der Waals surface area contributed by atoms with Gasteiger partial charge in [-0.1, -0.05) is 23.2 Å². The quantitative estimate of drug-likeness (QED) is 0.373. The monoisotopic (exact) mass is 458 g/mol. The normalized spacial score (nSPS) is 15.5. The molecule has 2 heterocycles. The number of imide groups is 1. The predicted octanol–water partition coefficient (Wildman–Crippen LogP) is 4.41. The van der Waals surface area contributed by atoms with Gasteiger partial charge in [0.15, 0.2) is 0 Å². The Kier molecular flexibility index (Phi) is 6.64. The van der Waals surface area contributed by atoms with Crippen molar-refractivity contribution in [1.82, 2.24) is 4.90 Å². The van der Waals surface area contributed by atoms with E-state index in [1.165, 1.54) is 19.9 Å². The molecular weight excluding hydrogens is 443 g/mol. The van der Waals surface area contributed by atoms with E-state index in [9.17, 15) is 19.6 Å². The highest BCUT2D eigenvalue weighted by Gasteiger charge is 2.35. The maximum Gasteiger partial charge on any atom is 0.302 e. The van der Waals surface area contributed by atoms with E-state index in [0.29, 0.717) is 27.1 Å². The van der Waals surface area contributed by atoms with Crippen molar-refractivity contribution in [3.05, 3.63) is 62.9 Å². The number of carbonyl (C=O) groups excluding carboxylic acids is 3. The summed E-state index contributed by atoms with van der Waals surface area (Å²) in [4.78, 5) is 37.3. The third-order valence-electron chi connectivity index (χ3n) is 4.56. The van der Waals surface area contributed by atoms with Gasteiger partial charge in [-0.3, -0.25) is 19.3 Å². The van der Waals surface area contributed by atoms with Crippen molar-refractivity contribution < 1.29 is 23.5 Å². The van der Waals surface area contributed by atoms with Crippen LogP contribution in [-0.2, 0) is 19.1 Å². The summed E-state index contributed by atoms with van der Waals surface area (Å²) < 4.78 is 10.6. The van der Waals surface area contributed by atoms with Gasteiger partial charge in [0.25, 0.3) is 11.8 Å². The Morgan fingerprint density at radius 1 is 1.19 bits per heavy atom. The number of furan rings is 1. The summed E-state index contributed by atoms with van der Waals surface area (Å²) in [7, 11) is 0. The summed E-state index contributed by atoms with van der Waals surface area (Å²) in [5.74, 6) is -1.04. The average Bonchev–Trinajstić information content (AvgIpc) is 3.19. The molecule has 0 saturated heterocycles. The highest BCUT2D eigenvalue weighted by Crippen LogP contribution is 2.31. The van der Waals surface area contributed by atoms with Crippen LogP contribution in [0.15, 0.2) is 51.5 Å². The van der Waals surface area contributed by atoms with Gasteiger partial charge >= 0.3 is 5.97 Å². The van der Waals surface area contributed by atoms with Crippen molar-refractivity contribution in [3.63, 3.8) is 0 Å². The molecule has 0 aliphatic carbocycles. The van der Waals surface area contributed by atoms with E-state index >= 15 is 0 Å². The van der Waals surface area contributed by atoms with Crippen LogP contribution in [0.25, 0.3) is 17.4 Å². The van der Waals surface area contributed by atoms with Crippen LogP contribution in [0.5, 0.6) is 0 Å². The minimum absolute atomic E-state index is 0.133. The minimum atomic E-state index is -0.731. The maximum absolute atomic E-state index is 12.9. The van der Waals surface area contributed by atoms with E-state index in [1.807, 2.05) is 6.07 Å². The Morgan fingerprint density at radius 2 is 1.94 bits per heavy atom. The third-order valence-corrected chi connectivity index (χ3v) is 5.30. The van der Waals surface area contributed by atoms with Crippen LogP contribution in [-0.4, -0.2) is 35.8 Å². The van der Waals surface area contributed by atoms with E-state index in [1.54, 1.807) is 30.3 Å². The number of nitriles is 1. The molecule has 0 saturated carbocycles. The smallest absolute Gasteiger partial charge is 0.302 e. The van der Waals surface area contributed by atoms with Crippen molar-refractivity contribution in [2.75, 3.05) is 13.2 Å². The minimum Gasteiger partial charge on any atom is -0.464 e. The van der Waals surface area contributed by atoms with Crippen LogP contribution in [0.3, 0.4) is 0 Å². The summed E-state index contributed by atoms with van der Waals surface area (Å²) >= 11 is 12.0. The second-order valence-corrected chi connectivity index (χ2v) is 7.42. The van der Waals surface area contributed by atoms with Crippen molar-refractivity contribution >= 4 is 47.1 Å². The second-order valence-electron chi connectivity index (χ2n) is 6.60. The average molecular weight is 459 g/mol. The number of rotatable bonds is 5. The van der Waals surface area contributed by atoms with Gasteiger partial charge in [0.2, 0.25) is 0 Å². The molecule has 0 radical (unpaired) electrons. The summed E-state index contributed by atoms with van der Waals surface area (Å²) in [6.07, 6.45) is 1.46. The fourth-order valence-electron chi connectivity index (χ4n) is 2.99. The Morgan fingerprint density at radius 3 is 2.58 bits per heavy atom. The van der Waals surface area contributed by atoms with Gasteiger partial charge in [0, 0.05) is 18.1 Å². The van der Waals surface area contributed by atoms with Crippen molar-refractivity contribution in [1.29, 1.82) is 5.26 Å². The first kappa shape index (κ1) is 22.3. The number of halogens is 2. The number of carbonyl (C=O) groups is 3. The highest BCUT2D eigenvalue weighted by molar-refractivity contribution is 6.42. The Hall–Kier alpha value is -3.34. The van der Waals surface area contributed by atoms with Gasteiger partial charge in [-0.15, -0.1) is 0 Å². The van der Waals surface area contributed by atoms with E-state index in [4.69, 9.17) is 32.4 Å². The van der Waals surface area contributed by atoms with Gasteiger partial charge in [0.05, 0.1) is 16.6 Å². The number of hydrogen-bond donors (Lipinski definition) is 0. The molecule has 0 N–H and O–H groups in total. The summed E-state index contributed by atoms with van der Waals surface area (Å²) in [5.41, 5.74) is 0.907. The fourth-order valence-corrected chi connectivity index (χ4v) is 3.29. The fraction of sp³-hybridized carbons (Fsp3) is 0.182. The third kappa shape index (κ3) is 4.71. The lowest BCUT2D eigenvalue weighted by molar-refractivity contribution is -0.147. The zero-order valence-electron chi connectivity index (χ0n) is 16.6. The molecule has 1 aliphatic rings. The van der Waals surface area contributed by atoms with Crippen molar-refractivity contribution in [2.24, 2.45) is 0 Å².